The molecule has 0 atom stereocenters. The van der Waals surface area contributed by atoms with Gasteiger partial charge in [0.1, 0.15) is 7.11 Å². The summed E-state index contributed by atoms with van der Waals surface area (Å²) in [5.74, 6) is 0. The van der Waals surface area contributed by atoms with E-state index in [4.69, 9.17) is 4.84 Å². The molecule has 1 N–H and O–H groups in total. The number of pyridine rings is 2. The van der Waals surface area contributed by atoms with Crippen LogP contribution in [0, 0.1) is 20.8 Å². The largest absolute Gasteiger partial charge is 0.384 e. The molecule has 0 saturated carbocycles. The van der Waals surface area contributed by atoms with Gasteiger partial charge in [-0.05, 0) is 38.5 Å². The van der Waals surface area contributed by atoms with Crippen molar-refractivity contribution in [2.75, 3.05) is 19.0 Å². The number of aromatic nitrogens is 2. The zero-order valence-corrected chi connectivity index (χ0v) is 13.0. The predicted molar refractivity (Wildman–Crippen MR) is 81.8 cm³/mol. The topological polar surface area (TPSA) is 38.0 Å². The average molecular weight is 274 g/mol. The summed E-state index contributed by atoms with van der Waals surface area (Å²) >= 11 is 0. The van der Waals surface area contributed by atoms with Crippen molar-refractivity contribution in [3.05, 3.63) is 53.6 Å². The lowest BCUT2D eigenvalue weighted by Gasteiger charge is -2.08. The third-order valence-corrected chi connectivity index (χ3v) is 2.92. The first-order valence-electron chi connectivity index (χ1n) is 6.78. The molecule has 2 rings (SSSR count). The predicted octanol–water partition coefficient (Wildman–Crippen LogP) is 2.47. The highest BCUT2D eigenvalue weighted by atomic mass is 16.6. The number of hydrogen-bond acceptors (Lipinski definition) is 3. The van der Waals surface area contributed by atoms with E-state index in [2.05, 4.69) is 24.1 Å². The molecule has 0 fully saturated rings. The lowest BCUT2D eigenvalue weighted by atomic mass is 10.2. The molecule has 108 valence electrons. The van der Waals surface area contributed by atoms with Gasteiger partial charge in [-0.3, -0.25) is 9.82 Å². The summed E-state index contributed by atoms with van der Waals surface area (Å²) in [5.41, 5.74) is 4.61. The quantitative estimate of drug-likeness (QED) is 0.874. The Morgan fingerprint density at radius 1 is 1.20 bits per heavy atom. The number of aryl methyl sites for hydroxylation is 3. The molecule has 0 spiro atoms. The minimum Gasteiger partial charge on any atom is -0.384 e. The fourth-order valence-corrected chi connectivity index (χ4v) is 1.86. The van der Waals surface area contributed by atoms with E-state index in [0.717, 1.165) is 17.9 Å². The maximum absolute atomic E-state index is 4.96. The lowest BCUT2D eigenvalue weighted by molar-refractivity contribution is -0.889. The van der Waals surface area contributed by atoms with E-state index >= 15 is 0 Å². The van der Waals surface area contributed by atoms with Crippen molar-refractivity contribution < 1.29 is 9.57 Å². The molecule has 4 heteroatoms. The van der Waals surface area contributed by atoms with Crippen molar-refractivity contribution in [2.24, 2.45) is 0 Å². The molecule has 0 unspecified atom stereocenters. The van der Waals surface area contributed by atoms with Crippen LogP contribution in [-0.2, 0) is 0 Å². The molecule has 0 bridgehead atoms. The summed E-state index contributed by atoms with van der Waals surface area (Å²) in [5, 5.41) is 3.28. The minimum absolute atomic E-state index is 0.952. The second-order valence-electron chi connectivity index (χ2n) is 4.47. The molecular weight excluding hydrogens is 250 g/mol. The highest BCUT2D eigenvalue weighted by molar-refractivity contribution is 5.53. The molecule has 0 aliphatic rings. The van der Waals surface area contributed by atoms with E-state index < -0.39 is 0 Å². The zero-order chi connectivity index (χ0) is 15.0. The van der Waals surface area contributed by atoms with Crippen LogP contribution in [0.4, 0.5) is 5.69 Å². The number of hydrogen-bond donors (Lipinski definition) is 1. The van der Waals surface area contributed by atoms with Crippen LogP contribution in [0.1, 0.15) is 23.9 Å². The van der Waals surface area contributed by atoms with Gasteiger partial charge in [-0.2, -0.15) is 0 Å². The molecule has 0 aliphatic carbocycles. The smallest absolute Gasteiger partial charge is 0.231 e. The second-order valence-corrected chi connectivity index (χ2v) is 4.47. The maximum Gasteiger partial charge on any atom is 0.231 e. The van der Waals surface area contributed by atoms with Gasteiger partial charge in [0, 0.05) is 36.5 Å². The van der Waals surface area contributed by atoms with Crippen LogP contribution < -0.4 is 14.9 Å². The van der Waals surface area contributed by atoms with Gasteiger partial charge in [0.15, 0.2) is 0 Å². The standard InChI is InChI=1S/C9H14N2.C7H10NO/c1-4-10-9-7(2)5-6-11-8(9)3;1-7-5-3-4-6-8(7)9-2/h5-6,10H,4H2,1-3H3;3-6H,1-2H3/q;+1. The summed E-state index contributed by atoms with van der Waals surface area (Å²) in [7, 11) is 1.65. The van der Waals surface area contributed by atoms with Crippen molar-refractivity contribution in [3.8, 4) is 0 Å². The van der Waals surface area contributed by atoms with Crippen molar-refractivity contribution >= 4 is 5.69 Å². The van der Waals surface area contributed by atoms with Gasteiger partial charge in [0.05, 0.1) is 11.4 Å². The molecule has 2 heterocycles. The van der Waals surface area contributed by atoms with E-state index in [-0.39, 0.29) is 0 Å². The van der Waals surface area contributed by atoms with E-state index in [0.29, 0.717) is 0 Å². The Labute approximate surface area is 121 Å². The van der Waals surface area contributed by atoms with Gasteiger partial charge in [0.25, 0.3) is 0 Å². The highest BCUT2D eigenvalue weighted by Gasteiger charge is 2.00. The maximum atomic E-state index is 4.96. The van der Waals surface area contributed by atoms with E-state index in [1.165, 1.54) is 11.3 Å². The molecule has 0 saturated heterocycles. The average Bonchev–Trinajstić information content (AvgIpc) is 2.44. The molecular formula is C16H24N3O+. The van der Waals surface area contributed by atoms with Crippen LogP contribution in [0.3, 0.4) is 0 Å². The Morgan fingerprint density at radius 2 is 1.95 bits per heavy atom. The third-order valence-electron chi connectivity index (χ3n) is 2.92. The second kappa shape index (κ2) is 8.15. The fraction of sp³-hybridized carbons (Fsp3) is 0.375. The van der Waals surface area contributed by atoms with Crippen LogP contribution in [0.2, 0.25) is 0 Å². The summed E-state index contributed by atoms with van der Waals surface area (Å²) in [4.78, 5) is 9.16. The van der Waals surface area contributed by atoms with Crippen LogP contribution in [0.15, 0.2) is 36.7 Å². The minimum atomic E-state index is 0.952. The Kier molecular flexibility index (Phi) is 6.50. The summed E-state index contributed by atoms with van der Waals surface area (Å²) < 4.78 is 1.71. The number of rotatable bonds is 3. The molecule has 2 aromatic rings. The Morgan fingerprint density at radius 3 is 2.45 bits per heavy atom. The molecule has 0 aromatic carbocycles. The van der Waals surface area contributed by atoms with Crippen molar-refractivity contribution in [1.82, 2.24) is 4.98 Å². The van der Waals surface area contributed by atoms with Crippen LogP contribution in [0.25, 0.3) is 0 Å². The van der Waals surface area contributed by atoms with Gasteiger partial charge < -0.3 is 5.32 Å². The highest BCUT2D eigenvalue weighted by Crippen LogP contribution is 2.16. The molecule has 2 aromatic heterocycles. The molecule has 20 heavy (non-hydrogen) atoms. The van der Waals surface area contributed by atoms with Crippen molar-refractivity contribution in [2.45, 2.75) is 27.7 Å². The summed E-state index contributed by atoms with van der Waals surface area (Å²) in [6.07, 6.45) is 3.71. The Hall–Kier alpha value is -2.10. The lowest BCUT2D eigenvalue weighted by Crippen LogP contribution is -2.42. The number of nitrogens with zero attached hydrogens (tertiary/aromatic N) is 2. The third kappa shape index (κ3) is 4.53. The SMILES string of the molecule is CCNc1c(C)ccnc1C.CO[n+]1ccccc1C. The zero-order valence-electron chi connectivity index (χ0n) is 13.0. The van der Waals surface area contributed by atoms with Crippen LogP contribution in [-0.4, -0.2) is 18.6 Å². The van der Waals surface area contributed by atoms with Crippen molar-refractivity contribution in [3.63, 3.8) is 0 Å². The van der Waals surface area contributed by atoms with Gasteiger partial charge in [-0.15, -0.1) is 0 Å². The molecule has 0 aliphatic heterocycles. The van der Waals surface area contributed by atoms with E-state index in [9.17, 15) is 0 Å². The summed E-state index contributed by atoms with van der Waals surface area (Å²) in [6.45, 7) is 9.14. The summed E-state index contributed by atoms with van der Waals surface area (Å²) in [6, 6.07) is 7.91. The Balaban J connectivity index is 0.000000204. The first-order valence-corrected chi connectivity index (χ1v) is 6.78. The van der Waals surface area contributed by atoms with E-state index in [1.54, 1.807) is 11.8 Å². The number of anilines is 1. The van der Waals surface area contributed by atoms with Gasteiger partial charge in [-0.25, -0.2) is 0 Å². The van der Waals surface area contributed by atoms with Crippen LogP contribution in [0.5, 0.6) is 0 Å². The molecule has 0 amide bonds. The van der Waals surface area contributed by atoms with E-state index in [1.807, 2.05) is 50.5 Å². The van der Waals surface area contributed by atoms with Crippen molar-refractivity contribution in [1.29, 1.82) is 0 Å². The number of nitrogens with one attached hydrogen (secondary N) is 1. The molecule has 0 radical (unpaired) electrons. The molecule has 4 nitrogen and oxygen atoms in total. The fourth-order valence-electron chi connectivity index (χ4n) is 1.86. The van der Waals surface area contributed by atoms with Gasteiger partial charge in [-0.1, -0.05) is 0 Å². The first kappa shape index (κ1) is 16.0. The monoisotopic (exact) mass is 274 g/mol. The Bertz CT molecular complexity index is 521. The normalized spacial score (nSPS) is 9.45. The first-order chi connectivity index (χ1) is 9.60. The van der Waals surface area contributed by atoms with Crippen LogP contribution >= 0.6 is 0 Å². The van der Waals surface area contributed by atoms with Gasteiger partial charge >= 0.3 is 0 Å². The van der Waals surface area contributed by atoms with Gasteiger partial charge in [0.2, 0.25) is 11.9 Å².